The SMILES string of the molecule is CC1SC(NC(=O)c2ccccc2)=NC2(c3ccc(F)cc3F)COC(C(=O)NCC=O)CC12. The lowest BCUT2D eigenvalue weighted by Gasteiger charge is -2.48. The van der Waals surface area contributed by atoms with Gasteiger partial charge in [-0.3, -0.25) is 9.59 Å². The van der Waals surface area contributed by atoms with Gasteiger partial charge < -0.3 is 20.2 Å². The van der Waals surface area contributed by atoms with E-state index in [-0.39, 0.29) is 47.4 Å². The third kappa shape index (κ3) is 4.74. The van der Waals surface area contributed by atoms with Gasteiger partial charge in [0.15, 0.2) is 5.17 Å². The molecule has 2 aliphatic heterocycles. The average Bonchev–Trinajstić information content (AvgIpc) is 2.82. The van der Waals surface area contributed by atoms with Crippen LogP contribution in [0.1, 0.15) is 29.3 Å². The molecule has 4 rings (SSSR count). The molecular formula is C24H23F2N3O4S. The first kappa shape index (κ1) is 24.0. The molecule has 2 heterocycles. The normalized spacial score (nSPS) is 26.1. The number of nitrogens with one attached hydrogen (secondary N) is 2. The van der Waals surface area contributed by atoms with E-state index in [2.05, 4.69) is 10.6 Å². The summed E-state index contributed by atoms with van der Waals surface area (Å²) in [6.07, 6.45) is -0.0661. The fourth-order valence-corrected chi connectivity index (χ4v) is 5.64. The van der Waals surface area contributed by atoms with E-state index in [4.69, 9.17) is 9.73 Å². The molecule has 2 aromatic rings. The maximum atomic E-state index is 15.0. The maximum absolute atomic E-state index is 15.0. The Hall–Kier alpha value is -3.11. The highest BCUT2D eigenvalue weighted by Gasteiger charge is 2.53. The number of hydrogen-bond acceptors (Lipinski definition) is 6. The Morgan fingerprint density at radius 2 is 2.00 bits per heavy atom. The molecule has 2 aliphatic rings. The summed E-state index contributed by atoms with van der Waals surface area (Å²) in [5, 5.41) is 5.36. The Kier molecular flexibility index (Phi) is 7.08. The topological polar surface area (TPSA) is 96.9 Å². The molecule has 1 saturated heterocycles. The Labute approximate surface area is 199 Å². The molecule has 2 amide bonds. The summed E-state index contributed by atoms with van der Waals surface area (Å²) in [5.41, 5.74) is -0.706. The molecular weight excluding hydrogens is 464 g/mol. The van der Waals surface area contributed by atoms with E-state index in [9.17, 15) is 18.8 Å². The average molecular weight is 488 g/mol. The number of hydrogen-bond donors (Lipinski definition) is 2. The van der Waals surface area contributed by atoms with Crippen LogP contribution in [0.3, 0.4) is 0 Å². The molecule has 0 aliphatic carbocycles. The summed E-state index contributed by atoms with van der Waals surface area (Å²) in [6.45, 7) is 1.61. The molecule has 0 bridgehead atoms. The summed E-state index contributed by atoms with van der Waals surface area (Å²) in [6, 6.07) is 11.9. The van der Waals surface area contributed by atoms with Crippen LogP contribution in [0.5, 0.6) is 0 Å². The van der Waals surface area contributed by atoms with Crippen LogP contribution in [0.15, 0.2) is 53.5 Å². The van der Waals surface area contributed by atoms with Crippen molar-refractivity contribution >= 4 is 35.0 Å². The number of halogens is 2. The van der Waals surface area contributed by atoms with Gasteiger partial charge in [-0.15, -0.1) is 0 Å². The highest BCUT2D eigenvalue weighted by atomic mass is 32.2. The van der Waals surface area contributed by atoms with Crippen molar-refractivity contribution in [1.29, 1.82) is 0 Å². The number of benzene rings is 2. The largest absolute Gasteiger partial charge is 0.365 e. The first-order valence-electron chi connectivity index (χ1n) is 10.8. The van der Waals surface area contributed by atoms with Crippen molar-refractivity contribution < 1.29 is 27.9 Å². The standard InChI is InChI=1S/C24H23F2N3O4S/c1-14-18-12-20(22(32)27-9-10-30)33-13-24(18,17-8-7-16(25)11-19(17)26)29-23(34-14)28-21(31)15-5-3-2-4-6-15/h2-8,10-11,14,18,20H,9,12-13H2,1H3,(H,27,32)(H,28,29,31). The van der Waals surface area contributed by atoms with Gasteiger partial charge >= 0.3 is 0 Å². The number of ether oxygens (including phenoxy) is 1. The Morgan fingerprint density at radius 1 is 1.24 bits per heavy atom. The third-order valence-electron chi connectivity index (χ3n) is 6.06. The molecule has 0 saturated carbocycles. The number of carbonyl (C=O) groups is 3. The van der Waals surface area contributed by atoms with Crippen molar-refractivity contribution in [1.82, 2.24) is 10.6 Å². The molecule has 2 aromatic carbocycles. The zero-order chi connectivity index (χ0) is 24.3. The number of carbonyl (C=O) groups excluding carboxylic acids is 3. The number of aldehydes is 1. The minimum Gasteiger partial charge on any atom is -0.365 e. The van der Waals surface area contributed by atoms with Crippen molar-refractivity contribution in [3.8, 4) is 0 Å². The van der Waals surface area contributed by atoms with Gasteiger partial charge in [0.2, 0.25) is 5.91 Å². The van der Waals surface area contributed by atoms with Crippen molar-refractivity contribution in [2.75, 3.05) is 13.2 Å². The van der Waals surface area contributed by atoms with Gasteiger partial charge in [-0.25, -0.2) is 13.8 Å². The van der Waals surface area contributed by atoms with Crippen LogP contribution in [0.2, 0.25) is 0 Å². The lowest BCUT2D eigenvalue weighted by Crippen LogP contribution is -2.56. The van der Waals surface area contributed by atoms with Crippen LogP contribution < -0.4 is 10.6 Å². The molecule has 1 fully saturated rings. The summed E-state index contributed by atoms with van der Waals surface area (Å²) in [4.78, 5) is 40.5. The van der Waals surface area contributed by atoms with E-state index in [0.717, 1.165) is 12.1 Å². The number of aliphatic imine (C=N–C) groups is 1. The zero-order valence-corrected chi connectivity index (χ0v) is 19.1. The second-order valence-electron chi connectivity index (χ2n) is 8.16. The van der Waals surface area contributed by atoms with Crippen LogP contribution in [0.4, 0.5) is 8.78 Å². The van der Waals surface area contributed by atoms with E-state index in [1.165, 1.54) is 17.8 Å². The molecule has 4 atom stereocenters. The van der Waals surface area contributed by atoms with Gasteiger partial charge in [-0.05, 0) is 24.6 Å². The fourth-order valence-electron chi connectivity index (χ4n) is 4.42. The number of thioether (sulfide) groups is 1. The highest BCUT2D eigenvalue weighted by molar-refractivity contribution is 8.14. The summed E-state index contributed by atoms with van der Waals surface area (Å²) < 4.78 is 34.5. The van der Waals surface area contributed by atoms with Gasteiger partial charge in [0, 0.05) is 28.4 Å². The van der Waals surface area contributed by atoms with E-state index in [1.54, 1.807) is 30.3 Å². The fraction of sp³-hybridized carbons (Fsp3) is 0.333. The molecule has 10 heteroatoms. The maximum Gasteiger partial charge on any atom is 0.257 e. The molecule has 34 heavy (non-hydrogen) atoms. The molecule has 2 N–H and O–H groups in total. The number of rotatable bonds is 5. The minimum atomic E-state index is -1.27. The molecule has 0 radical (unpaired) electrons. The molecule has 178 valence electrons. The molecule has 7 nitrogen and oxygen atoms in total. The summed E-state index contributed by atoms with van der Waals surface area (Å²) >= 11 is 1.31. The van der Waals surface area contributed by atoms with Gasteiger partial charge in [0.1, 0.15) is 29.6 Å². The Morgan fingerprint density at radius 3 is 2.71 bits per heavy atom. The van der Waals surface area contributed by atoms with E-state index in [1.807, 2.05) is 6.92 Å². The molecule has 0 aromatic heterocycles. The monoisotopic (exact) mass is 487 g/mol. The van der Waals surface area contributed by atoms with Crippen LogP contribution >= 0.6 is 11.8 Å². The smallest absolute Gasteiger partial charge is 0.257 e. The quantitative estimate of drug-likeness (QED) is 0.633. The molecule has 4 unspecified atom stereocenters. The van der Waals surface area contributed by atoms with Crippen molar-refractivity contribution in [2.45, 2.75) is 30.2 Å². The van der Waals surface area contributed by atoms with E-state index < -0.39 is 29.2 Å². The first-order valence-corrected chi connectivity index (χ1v) is 11.6. The highest BCUT2D eigenvalue weighted by Crippen LogP contribution is 2.50. The van der Waals surface area contributed by atoms with Crippen molar-refractivity contribution in [2.24, 2.45) is 10.9 Å². The second-order valence-corrected chi connectivity index (χ2v) is 9.53. The van der Waals surface area contributed by atoms with E-state index >= 15 is 4.39 Å². The number of nitrogens with zero attached hydrogens (tertiary/aromatic N) is 1. The minimum absolute atomic E-state index is 0.129. The number of fused-ring (bicyclic) bond motifs is 1. The first-order chi connectivity index (χ1) is 16.3. The van der Waals surface area contributed by atoms with Crippen LogP contribution in [0.25, 0.3) is 0 Å². The lowest BCUT2D eigenvalue weighted by molar-refractivity contribution is -0.143. The number of amidine groups is 1. The Bertz CT molecular complexity index is 1130. The summed E-state index contributed by atoms with van der Waals surface area (Å²) in [7, 11) is 0. The second kappa shape index (κ2) is 10.0. The van der Waals surface area contributed by atoms with Gasteiger partial charge in [-0.2, -0.15) is 0 Å². The van der Waals surface area contributed by atoms with Gasteiger partial charge in [-0.1, -0.05) is 43.0 Å². The van der Waals surface area contributed by atoms with Crippen LogP contribution in [-0.2, 0) is 19.9 Å². The van der Waals surface area contributed by atoms with Crippen LogP contribution in [-0.4, -0.2) is 47.8 Å². The molecule has 0 spiro atoms. The van der Waals surface area contributed by atoms with Gasteiger partial charge in [0.25, 0.3) is 5.91 Å². The van der Waals surface area contributed by atoms with Crippen molar-refractivity contribution in [3.63, 3.8) is 0 Å². The third-order valence-corrected chi connectivity index (χ3v) is 7.17. The summed E-state index contributed by atoms with van der Waals surface area (Å²) in [5.74, 6) is -2.68. The van der Waals surface area contributed by atoms with Crippen molar-refractivity contribution in [3.05, 3.63) is 71.3 Å². The predicted molar refractivity (Wildman–Crippen MR) is 123 cm³/mol. The zero-order valence-electron chi connectivity index (χ0n) is 18.3. The van der Waals surface area contributed by atoms with Gasteiger partial charge in [0.05, 0.1) is 13.2 Å². The Balaban J connectivity index is 1.70. The van der Waals surface area contributed by atoms with E-state index in [0.29, 0.717) is 11.8 Å². The number of amides is 2. The van der Waals surface area contributed by atoms with Crippen LogP contribution in [0, 0.1) is 17.6 Å². The lowest BCUT2D eigenvalue weighted by atomic mass is 9.72. The predicted octanol–water partition coefficient (Wildman–Crippen LogP) is 2.80.